The van der Waals surface area contributed by atoms with Gasteiger partial charge in [-0.1, -0.05) is 17.7 Å². The van der Waals surface area contributed by atoms with E-state index >= 15 is 0 Å². The molecule has 0 aromatic heterocycles. The van der Waals surface area contributed by atoms with Gasteiger partial charge in [-0.15, -0.1) is 0 Å². The van der Waals surface area contributed by atoms with Gasteiger partial charge in [-0.3, -0.25) is 5.32 Å². The second kappa shape index (κ2) is 5.98. The lowest BCUT2D eigenvalue weighted by atomic mass is 10.1. The van der Waals surface area contributed by atoms with Gasteiger partial charge in [-0.25, -0.2) is 9.18 Å². The van der Waals surface area contributed by atoms with Gasteiger partial charge in [-0.2, -0.15) is 0 Å². The van der Waals surface area contributed by atoms with Crippen LogP contribution in [-0.4, -0.2) is 19.1 Å². The Labute approximate surface area is 105 Å². The minimum absolute atomic E-state index is 0.0224. The average Bonchev–Trinajstić information content (AvgIpc) is 2.25. The molecule has 0 aliphatic rings. The minimum Gasteiger partial charge on any atom is -0.468 e. The van der Waals surface area contributed by atoms with Gasteiger partial charge in [0.25, 0.3) is 0 Å². The average molecular weight is 260 g/mol. The van der Waals surface area contributed by atoms with Crippen LogP contribution in [0, 0.1) is 5.82 Å². The van der Waals surface area contributed by atoms with Crippen molar-refractivity contribution in [2.75, 3.05) is 7.11 Å². The number of hydrogen-bond acceptors (Lipinski definition) is 3. The van der Waals surface area contributed by atoms with Gasteiger partial charge in [0.15, 0.2) is 0 Å². The highest BCUT2D eigenvalue weighted by Gasteiger charge is 2.24. The molecule has 0 aliphatic heterocycles. The largest absolute Gasteiger partial charge is 0.468 e. The topological polar surface area (TPSA) is 38.3 Å². The zero-order chi connectivity index (χ0) is 13.0. The molecule has 0 amide bonds. The van der Waals surface area contributed by atoms with Crippen LogP contribution in [-0.2, 0) is 9.53 Å². The van der Waals surface area contributed by atoms with Crippen molar-refractivity contribution in [3.8, 4) is 0 Å². The lowest BCUT2D eigenvalue weighted by Crippen LogP contribution is -2.35. The zero-order valence-electron chi connectivity index (χ0n) is 9.96. The van der Waals surface area contributed by atoms with E-state index in [1.807, 2.05) is 13.8 Å². The highest BCUT2D eigenvalue weighted by molar-refractivity contribution is 6.30. The van der Waals surface area contributed by atoms with Crippen LogP contribution in [0.1, 0.15) is 25.5 Å². The summed E-state index contributed by atoms with van der Waals surface area (Å²) in [6, 6.07) is 3.40. The molecule has 3 nitrogen and oxygen atoms in total. The molecule has 1 aromatic carbocycles. The second-order valence-electron chi connectivity index (χ2n) is 3.94. The number of ether oxygens (including phenoxy) is 1. The van der Waals surface area contributed by atoms with Crippen molar-refractivity contribution in [2.45, 2.75) is 25.9 Å². The highest BCUT2D eigenvalue weighted by Crippen LogP contribution is 2.22. The van der Waals surface area contributed by atoms with Crippen molar-refractivity contribution in [2.24, 2.45) is 0 Å². The van der Waals surface area contributed by atoms with Crippen molar-refractivity contribution in [1.82, 2.24) is 5.32 Å². The van der Waals surface area contributed by atoms with Crippen LogP contribution < -0.4 is 5.32 Å². The normalized spacial score (nSPS) is 12.6. The summed E-state index contributed by atoms with van der Waals surface area (Å²) in [4.78, 5) is 11.6. The van der Waals surface area contributed by atoms with E-state index in [9.17, 15) is 9.18 Å². The van der Waals surface area contributed by atoms with Crippen LogP contribution in [0.15, 0.2) is 18.2 Å². The van der Waals surface area contributed by atoms with Crippen LogP contribution in [0.5, 0.6) is 0 Å². The first-order valence-corrected chi connectivity index (χ1v) is 5.62. The monoisotopic (exact) mass is 259 g/mol. The number of benzene rings is 1. The Balaban J connectivity index is 3.08. The molecule has 1 N–H and O–H groups in total. The number of esters is 1. The van der Waals surface area contributed by atoms with E-state index in [1.165, 1.54) is 25.3 Å². The molecule has 1 unspecified atom stereocenters. The molecule has 17 heavy (non-hydrogen) atoms. The Morgan fingerprint density at radius 1 is 1.47 bits per heavy atom. The third kappa shape index (κ3) is 3.68. The Bertz CT molecular complexity index is 409. The number of rotatable bonds is 4. The van der Waals surface area contributed by atoms with Crippen molar-refractivity contribution in [1.29, 1.82) is 0 Å². The molecule has 1 atom stereocenters. The molecule has 5 heteroatoms. The number of carbonyl (C=O) groups excluding carboxylic acids is 1. The summed E-state index contributed by atoms with van der Waals surface area (Å²) < 4.78 is 18.4. The third-order valence-corrected chi connectivity index (χ3v) is 2.45. The molecular formula is C12H15ClFNO2. The van der Waals surface area contributed by atoms with Gasteiger partial charge in [-0.05, 0) is 26.0 Å². The van der Waals surface area contributed by atoms with Crippen LogP contribution in [0.25, 0.3) is 0 Å². The van der Waals surface area contributed by atoms with Crippen molar-refractivity contribution in [3.05, 3.63) is 34.6 Å². The molecule has 0 heterocycles. The third-order valence-electron chi connectivity index (χ3n) is 2.21. The number of nitrogens with one attached hydrogen (secondary N) is 1. The maximum atomic E-state index is 13.7. The van der Waals surface area contributed by atoms with Crippen LogP contribution in [0.2, 0.25) is 5.02 Å². The molecular weight excluding hydrogens is 245 g/mol. The second-order valence-corrected chi connectivity index (χ2v) is 4.38. The fourth-order valence-corrected chi connectivity index (χ4v) is 1.63. The summed E-state index contributed by atoms with van der Waals surface area (Å²) in [7, 11) is 1.27. The van der Waals surface area contributed by atoms with Crippen LogP contribution in [0.4, 0.5) is 4.39 Å². The van der Waals surface area contributed by atoms with Gasteiger partial charge in [0.1, 0.15) is 11.9 Å². The molecule has 0 bridgehead atoms. The molecule has 0 fully saturated rings. The standard InChI is InChI=1S/C12H15ClFNO2/c1-7(2)15-11(12(16)17-3)9-5-4-8(13)6-10(9)14/h4-7,11,15H,1-3H3. The number of carbonyl (C=O) groups is 1. The zero-order valence-corrected chi connectivity index (χ0v) is 10.7. The Morgan fingerprint density at radius 3 is 2.59 bits per heavy atom. The van der Waals surface area contributed by atoms with E-state index < -0.39 is 17.8 Å². The molecule has 0 aliphatic carbocycles. The van der Waals surface area contributed by atoms with E-state index in [2.05, 4.69) is 10.1 Å². The smallest absolute Gasteiger partial charge is 0.327 e. The van der Waals surface area contributed by atoms with E-state index in [4.69, 9.17) is 11.6 Å². The predicted octanol–water partition coefficient (Wildman–Crippen LogP) is 2.69. The van der Waals surface area contributed by atoms with E-state index in [-0.39, 0.29) is 11.6 Å². The van der Waals surface area contributed by atoms with Crippen LogP contribution >= 0.6 is 11.6 Å². The lowest BCUT2D eigenvalue weighted by Gasteiger charge is -2.19. The summed E-state index contributed by atoms with van der Waals surface area (Å²) in [5.74, 6) is -1.05. The number of hydrogen-bond donors (Lipinski definition) is 1. The Kier molecular flexibility index (Phi) is 4.90. The quantitative estimate of drug-likeness (QED) is 0.845. The van der Waals surface area contributed by atoms with Gasteiger partial charge < -0.3 is 4.74 Å². The molecule has 1 rings (SSSR count). The van der Waals surface area contributed by atoms with E-state index in [0.29, 0.717) is 5.02 Å². The SMILES string of the molecule is COC(=O)C(NC(C)C)c1ccc(Cl)cc1F. The summed E-state index contributed by atoms with van der Waals surface area (Å²) in [6.07, 6.45) is 0. The maximum absolute atomic E-state index is 13.7. The summed E-state index contributed by atoms with van der Waals surface area (Å²) in [6.45, 7) is 3.73. The van der Waals surface area contributed by atoms with Gasteiger partial charge in [0.05, 0.1) is 7.11 Å². The van der Waals surface area contributed by atoms with Crippen molar-refractivity contribution >= 4 is 17.6 Å². The molecule has 0 radical (unpaired) electrons. The maximum Gasteiger partial charge on any atom is 0.327 e. The minimum atomic E-state index is -0.822. The number of halogens is 2. The fourth-order valence-electron chi connectivity index (χ4n) is 1.47. The van der Waals surface area contributed by atoms with Crippen molar-refractivity contribution in [3.63, 3.8) is 0 Å². The predicted molar refractivity (Wildman–Crippen MR) is 64.4 cm³/mol. The number of methoxy groups -OCH3 is 1. The first-order valence-electron chi connectivity index (χ1n) is 5.24. The van der Waals surface area contributed by atoms with Crippen molar-refractivity contribution < 1.29 is 13.9 Å². The Hall–Kier alpha value is -1.13. The van der Waals surface area contributed by atoms with Gasteiger partial charge in [0.2, 0.25) is 0 Å². The van der Waals surface area contributed by atoms with E-state index in [0.717, 1.165) is 0 Å². The van der Waals surface area contributed by atoms with Gasteiger partial charge in [0, 0.05) is 16.6 Å². The first kappa shape index (κ1) is 13.9. The summed E-state index contributed by atoms with van der Waals surface area (Å²) >= 11 is 5.66. The van der Waals surface area contributed by atoms with Crippen LogP contribution in [0.3, 0.4) is 0 Å². The molecule has 94 valence electrons. The summed E-state index contributed by atoms with van der Waals surface area (Å²) in [5.41, 5.74) is 0.231. The molecule has 1 aromatic rings. The molecule has 0 saturated heterocycles. The fraction of sp³-hybridized carbons (Fsp3) is 0.417. The van der Waals surface area contributed by atoms with E-state index in [1.54, 1.807) is 0 Å². The summed E-state index contributed by atoms with van der Waals surface area (Å²) in [5, 5.41) is 3.24. The molecule has 0 spiro atoms. The van der Waals surface area contributed by atoms with Gasteiger partial charge >= 0.3 is 5.97 Å². The highest BCUT2D eigenvalue weighted by atomic mass is 35.5. The molecule has 0 saturated carbocycles. The lowest BCUT2D eigenvalue weighted by molar-refractivity contribution is -0.143. The Morgan fingerprint density at radius 2 is 2.12 bits per heavy atom. The first-order chi connectivity index (χ1) is 7.95.